The Morgan fingerprint density at radius 3 is 2.32 bits per heavy atom. The normalized spacial score (nSPS) is 13.7. The van der Waals surface area contributed by atoms with Crippen LogP contribution in [-0.4, -0.2) is 30.3 Å². The van der Waals surface area contributed by atoms with Crippen LogP contribution in [0, 0.1) is 17.0 Å². The molecule has 19 heavy (non-hydrogen) atoms. The highest BCUT2D eigenvalue weighted by Crippen LogP contribution is 2.23. The van der Waals surface area contributed by atoms with Gasteiger partial charge in [-0.15, -0.1) is 0 Å². The molecule has 1 aromatic rings. The lowest BCUT2D eigenvalue weighted by atomic mass is 9.87. The summed E-state index contributed by atoms with van der Waals surface area (Å²) in [4.78, 5) is 13.9. The van der Waals surface area contributed by atoms with E-state index in [9.17, 15) is 13.6 Å². The smallest absolute Gasteiger partial charge is 0.176 e. The predicted molar refractivity (Wildman–Crippen MR) is 72.2 cm³/mol. The zero-order valence-electron chi connectivity index (χ0n) is 12.1. The Morgan fingerprint density at radius 2 is 1.84 bits per heavy atom. The van der Waals surface area contributed by atoms with Gasteiger partial charge >= 0.3 is 0 Å². The second-order valence-corrected chi connectivity index (χ2v) is 6.01. The standard InChI is InChI=1S/C15H21F2NO/c1-10(15(2,3)4)18(5)9-14(19)11-6-7-12(16)13(17)8-11/h6-8,10H,9H2,1-5H3. The van der Waals surface area contributed by atoms with Crippen molar-refractivity contribution in [2.75, 3.05) is 13.6 Å². The van der Waals surface area contributed by atoms with Crippen molar-refractivity contribution in [1.29, 1.82) is 0 Å². The maximum absolute atomic E-state index is 13.1. The third-order valence-corrected chi connectivity index (χ3v) is 3.55. The van der Waals surface area contributed by atoms with E-state index in [0.29, 0.717) is 0 Å². The molecule has 0 saturated carbocycles. The molecule has 106 valence electrons. The summed E-state index contributed by atoms with van der Waals surface area (Å²) in [6.45, 7) is 8.50. The summed E-state index contributed by atoms with van der Waals surface area (Å²) in [5.74, 6) is -2.14. The maximum Gasteiger partial charge on any atom is 0.176 e. The molecular weight excluding hydrogens is 248 g/mol. The number of rotatable bonds is 4. The van der Waals surface area contributed by atoms with Gasteiger partial charge < -0.3 is 0 Å². The molecule has 0 amide bonds. The highest BCUT2D eigenvalue weighted by molar-refractivity contribution is 5.97. The van der Waals surface area contributed by atoms with Crippen molar-refractivity contribution in [3.05, 3.63) is 35.4 Å². The fraction of sp³-hybridized carbons (Fsp3) is 0.533. The van der Waals surface area contributed by atoms with Gasteiger partial charge in [0.15, 0.2) is 17.4 Å². The van der Waals surface area contributed by atoms with Crippen LogP contribution in [0.5, 0.6) is 0 Å². The fourth-order valence-corrected chi connectivity index (χ4v) is 1.79. The highest BCUT2D eigenvalue weighted by atomic mass is 19.2. The third-order valence-electron chi connectivity index (χ3n) is 3.55. The number of hydrogen-bond acceptors (Lipinski definition) is 2. The van der Waals surface area contributed by atoms with Gasteiger partial charge in [0, 0.05) is 11.6 Å². The first kappa shape index (κ1) is 15.8. The SMILES string of the molecule is CC(N(C)CC(=O)c1ccc(F)c(F)c1)C(C)(C)C. The summed E-state index contributed by atoms with van der Waals surface area (Å²) in [7, 11) is 1.85. The van der Waals surface area contributed by atoms with Crippen molar-refractivity contribution in [1.82, 2.24) is 4.90 Å². The lowest BCUT2D eigenvalue weighted by Crippen LogP contribution is -2.41. The molecular formula is C15H21F2NO. The second-order valence-electron chi connectivity index (χ2n) is 6.01. The topological polar surface area (TPSA) is 20.3 Å². The van der Waals surface area contributed by atoms with E-state index in [0.717, 1.165) is 12.1 Å². The van der Waals surface area contributed by atoms with Crippen LogP contribution in [0.25, 0.3) is 0 Å². The number of carbonyl (C=O) groups is 1. The van der Waals surface area contributed by atoms with Gasteiger partial charge in [-0.05, 0) is 37.6 Å². The van der Waals surface area contributed by atoms with Gasteiger partial charge in [0.1, 0.15) is 0 Å². The number of ketones is 1. The van der Waals surface area contributed by atoms with Gasteiger partial charge in [-0.2, -0.15) is 0 Å². The van der Waals surface area contributed by atoms with Crippen molar-refractivity contribution in [2.45, 2.75) is 33.7 Å². The molecule has 0 fully saturated rings. The van der Waals surface area contributed by atoms with Gasteiger partial charge in [0.25, 0.3) is 0 Å². The molecule has 0 N–H and O–H groups in total. The number of likely N-dealkylation sites (N-methyl/N-ethyl adjacent to an activating group) is 1. The molecule has 0 heterocycles. The molecule has 0 aliphatic carbocycles. The van der Waals surface area contributed by atoms with E-state index in [1.165, 1.54) is 6.07 Å². The summed E-state index contributed by atoms with van der Waals surface area (Å²) in [5.41, 5.74) is 0.246. The molecule has 0 aliphatic heterocycles. The number of halogens is 2. The molecule has 0 radical (unpaired) electrons. The molecule has 1 unspecified atom stereocenters. The molecule has 1 atom stereocenters. The number of benzene rings is 1. The van der Waals surface area contributed by atoms with Crippen LogP contribution >= 0.6 is 0 Å². The van der Waals surface area contributed by atoms with Crippen LogP contribution in [0.15, 0.2) is 18.2 Å². The zero-order valence-corrected chi connectivity index (χ0v) is 12.1. The quantitative estimate of drug-likeness (QED) is 0.780. The minimum Gasteiger partial charge on any atom is -0.296 e. The van der Waals surface area contributed by atoms with Gasteiger partial charge in [-0.25, -0.2) is 8.78 Å². The second kappa shape index (κ2) is 5.78. The molecule has 2 nitrogen and oxygen atoms in total. The van der Waals surface area contributed by atoms with E-state index in [1.54, 1.807) is 0 Å². The Balaban J connectivity index is 2.77. The Hall–Kier alpha value is -1.29. The van der Waals surface area contributed by atoms with Gasteiger partial charge in [0.05, 0.1) is 6.54 Å². The summed E-state index contributed by atoms with van der Waals surface area (Å²) < 4.78 is 25.9. The minimum absolute atomic E-state index is 0.0447. The van der Waals surface area contributed by atoms with Gasteiger partial charge in [-0.3, -0.25) is 9.69 Å². The Labute approximate surface area is 113 Å². The van der Waals surface area contributed by atoms with Crippen LogP contribution in [0.3, 0.4) is 0 Å². The first-order valence-corrected chi connectivity index (χ1v) is 6.31. The van der Waals surface area contributed by atoms with Crippen LogP contribution in [0.2, 0.25) is 0 Å². The van der Waals surface area contributed by atoms with E-state index >= 15 is 0 Å². The first-order valence-electron chi connectivity index (χ1n) is 6.31. The van der Waals surface area contributed by atoms with Crippen LogP contribution in [-0.2, 0) is 0 Å². The van der Waals surface area contributed by atoms with Crippen molar-refractivity contribution in [2.24, 2.45) is 5.41 Å². The number of hydrogen-bond donors (Lipinski definition) is 0. The minimum atomic E-state index is -0.989. The molecule has 0 saturated heterocycles. The lowest BCUT2D eigenvalue weighted by molar-refractivity contribution is 0.0853. The Morgan fingerprint density at radius 1 is 1.26 bits per heavy atom. The lowest BCUT2D eigenvalue weighted by Gasteiger charge is -2.34. The van der Waals surface area contributed by atoms with Crippen molar-refractivity contribution < 1.29 is 13.6 Å². The summed E-state index contributed by atoms with van der Waals surface area (Å²) in [6.07, 6.45) is 0. The molecule has 0 aliphatic rings. The van der Waals surface area contributed by atoms with E-state index in [2.05, 4.69) is 20.8 Å². The van der Waals surface area contributed by atoms with Crippen molar-refractivity contribution in [3.8, 4) is 0 Å². The Kier molecular flexibility index (Phi) is 4.80. The van der Waals surface area contributed by atoms with Crippen LogP contribution in [0.1, 0.15) is 38.1 Å². The highest BCUT2D eigenvalue weighted by Gasteiger charge is 2.25. The van der Waals surface area contributed by atoms with E-state index in [4.69, 9.17) is 0 Å². The van der Waals surface area contributed by atoms with E-state index < -0.39 is 11.6 Å². The van der Waals surface area contributed by atoms with Crippen molar-refractivity contribution >= 4 is 5.78 Å². The molecule has 0 spiro atoms. The van der Waals surface area contributed by atoms with Crippen LogP contribution < -0.4 is 0 Å². The fourth-order valence-electron chi connectivity index (χ4n) is 1.79. The summed E-state index contributed by atoms with van der Waals surface area (Å²) in [6, 6.07) is 3.45. The number of Topliss-reactive ketones (excluding diaryl/α,β-unsaturated/α-hetero) is 1. The van der Waals surface area contributed by atoms with Gasteiger partial charge in [-0.1, -0.05) is 20.8 Å². The van der Waals surface area contributed by atoms with E-state index in [-0.39, 0.29) is 29.3 Å². The van der Waals surface area contributed by atoms with E-state index in [1.807, 2.05) is 18.9 Å². The monoisotopic (exact) mass is 269 g/mol. The average molecular weight is 269 g/mol. The molecule has 0 aromatic heterocycles. The summed E-state index contributed by atoms with van der Waals surface area (Å²) in [5, 5.41) is 0. The van der Waals surface area contributed by atoms with Gasteiger partial charge in [0.2, 0.25) is 0 Å². The van der Waals surface area contributed by atoms with Crippen LogP contribution in [0.4, 0.5) is 8.78 Å². The first-order chi connectivity index (χ1) is 8.62. The largest absolute Gasteiger partial charge is 0.296 e. The summed E-state index contributed by atoms with van der Waals surface area (Å²) >= 11 is 0. The number of nitrogens with zero attached hydrogens (tertiary/aromatic N) is 1. The zero-order chi connectivity index (χ0) is 14.8. The van der Waals surface area contributed by atoms with Crippen molar-refractivity contribution in [3.63, 3.8) is 0 Å². The number of carbonyl (C=O) groups excluding carboxylic acids is 1. The molecule has 1 rings (SSSR count). The molecule has 1 aromatic carbocycles. The third kappa shape index (κ3) is 4.10. The molecule has 0 bridgehead atoms. The predicted octanol–water partition coefficient (Wildman–Crippen LogP) is 3.51. The maximum atomic E-state index is 13.1. The average Bonchev–Trinajstić information content (AvgIpc) is 2.30. The Bertz CT molecular complexity index is 466. The molecule has 4 heteroatoms.